The molecule has 0 aliphatic heterocycles. The van der Waals surface area contributed by atoms with Crippen LogP contribution in [0.15, 0.2) is 204 Å². The molecule has 8 rings (SSSR count). The maximum atomic E-state index is 9.80. The van der Waals surface area contributed by atoms with Gasteiger partial charge in [-0.1, -0.05) is 66.7 Å². The van der Waals surface area contributed by atoms with E-state index in [0.717, 1.165) is 54.6 Å². The van der Waals surface area contributed by atoms with E-state index in [-0.39, 0.29) is 48.4 Å². The van der Waals surface area contributed by atoms with E-state index in [2.05, 4.69) is 216 Å². The molecular formula is C80H104I8N16O11. The lowest BCUT2D eigenvalue weighted by Crippen LogP contribution is -2.10. The first-order valence-corrected chi connectivity index (χ1v) is 43.5. The molecule has 0 bridgehead atoms. The SMILES string of the molecule is CC(N)=NCCc1cc([131I])cc(O)c1O.CC(N)=NCCc1ccccc1[131I].CC(N)=NC[C@H](O)c1cc(O)cc([131I])c1.CC(N)=NC[C@H](O)c1cc(O)ccc1[131I].CC(N)=NC[C@H](O)c1ccc([131I])c(O)c1.CC(N)=NC[C@H](O)c1ccc([131I])cc1.CC(N)=NC[C@H](O)c1cccc([131I])c1.CC(N)=NC[C@H](O)c1ccccc1[131I]. The summed E-state index contributed by atoms with van der Waals surface area (Å²) >= 11 is 17.2. The predicted molar refractivity (Wildman–Crippen MR) is 536 cm³/mol. The minimum absolute atomic E-state index is 0.0692. The molecule has 0 fully saturated rings. The number of phenols is 5. The maximum absolute atomic E-state index is 9.80. The second-order valence-corrected chi connectivity index (χ2v) is 34.5. The average molecular weight is 2510 g/mol. The second kappa shape index (κ2) is 59.7. The Morgan fingerprint density at radius 1 is 0.278 bits per heavy atom. The van der Waals surface area contributed by atoms with Crippen LogP contribution < -0.4 is 45.9 Å². The quantitative estimate of drug-likeness (QED) is 0.0116. The molecule has 0 saturated heterocycles. The van der Waals surface area contributed by atoms with E-state index in [0.29, 0.717) is 102 Å². The van der Waals surface area contributed by atoms with Gasteiger partial charge in [0.2, 0.25) is 0 Å². The first-order chi connectivity index (χ1) is 54.0. The van der Waals surface area contributed by atoms with Gasteiger partial charge >= 0.3 is 0 Å². The zero-order chi connectivity index (χ0) is 87.0. The predicted octanol–water partition coefficient (Wildman–Crippen LogP) is 13.2. The fourth-order valence-corrected chi connectivity index (χ4v) is 13.4. The molecule has 27 N–H and O–H groups in total. The number of benzene rings is 8. The fourth-order valence-electron chi connectivity index (χ4n) is 8.69. The molecule has 0 saturated carbocycles. The first kappa shape index (κ1) is 107. The van der Waals surface area contributed by atoms with Crippen molar-refractivity contribution < 1.29 is 56.2 Å². The van der Waals surface area contributed by atoms with Crippen molar-refractivity contribution in [3.8, 4) is 28.7 Å². The highest BCUT2D eigenvalue weighted by molar-refractivity contribution is 14.1. The van der Waals surface area contributed by atoms with Gasteiger partial charge in [0.25, 0.3) is 0 Å². The van der Waals surface area contributed by atoms with E-state index in [1.165, 1.54) is 33.4 Å². The van der Waals surface area contributed by atoms with E-state index in [1.807, 2.05) is 114 Å². The topological polar surface area (TPSA) is 530 Å². The Labute approximate surface area is 782 Å². The van der Waals surface area contributed by atoms with Gasteiger partial charge in [-0.05, 0) is 385 Å². The highest BCUT2D eigenvalue weighted by Crippen LogP contribution is 2.32. The van der Waals surface area contributed by atoms with Crippen LogP contribution in [-0.4, -0.2) is 155 Å². The molecule has 8 aromatic carbocycles. The Morgan fingerprint density at radius 2 is 0.661 bits per heavy atom. The van der Waals surface area contributed by atoms with Crippen LogP contribution in [0.3, 0.4) is 0 Å². The molecule has 27 nitrogen and oxygen atoms in total. The smallest absolute Gasteiger partial charge is 0.160 e. The second-order valence-electron chi connectivity index (χ2n) is 24.8. The minimum atomic E-state index is -0.734. The van der Waals surface area contributed by atoms with E-state index in [9.17, 15) is 56.2 Å². The fraction of sp³-hybridized carbons (Fsp3) is 0.300. The third-order valence-corrected chi connectivity index (χ3v) is 21.0. The van der Waals surface area contributed by atoms with Crippen LogP contribution in [0.5, 0.6) is 28.7 Å². The number of aliphatic imine (C=N–C) groups is 8. The molecule has 8 aromatic rings. The summed E-state index contributed by atoms with van der Waals surface area (Å²) < 4.78 is 7.99. The van der Waals surface area contributed by atoms with Crippen molar-refractivity contribution in [2.45, 2.75) is 105 Å². The number of phenolic OH excluding ortho intramolecular Hbond substituents is 5. The Morgan fingerprint density at radius 3 is 1.11 bits per heavy atom. The lowest BCUT2D eigenvalue weighted by molar-refractivity contribution is 0.186. The number of aliphatic hydroxyl groups is 6. The number of hydrogen-bond donors (Lipinski definition) is 19. The van der Waals surface area contributed by atoms with Crippen LogP contribution in [0.25, 0.3) is 0 Å². The first-order valence-electron chi connectivity index (χ1n) is 34.9. The number of rotatable bonds is 24. The van der Waals surface area contributed by atoms with Crippen LogP contribution >= 0.6 is 181 Å². The highest BCUT2D eigenvalue weighted by Gasteiger charge is 2.15. The summed E-state index contributed by atoms with van der Waals surface area (Å²) in [6, 6.07) is 49.6. The van der Waals surface area contributed by atoms with Crippen LogP contribution in [0.1, 0.15) is 137 Å². The average Bonchev–Trinajstić information content (AvgIpc) is 0.840. The molecule has 0 aliphatic carbocycles. The van der Waals surface area contributed by atoms with E-state index in [4.69, 9.17) is 45.9 Å². The third kappa shape index (κ3) is 50.0. The van der Waals surface area contributed by atoms with Gasteiger partial charge in [0.1, 0.15) is 17.2 Å². The summed E-state index contributed by atoms with van der Waals surface area (Å²) in [5.41, 5.74) is 49.7. The normalized spacial score (nSPS) is 13.4. The summed E-state index contributed by atoms with van der Waals surface area (Å²) in [7, 11) is 0. The molecule has 0 spiro atoms. The number of nitrogens with zero attached hydrogens (tertiary/aromatic N) is 8. The minimum Gasteiger partial charge on any atom is -0.508 e. The summed E-state index contributed by atoms with van der Waals surface area (Å²) in [6.45, 7) is 16.5. The van der Waals surface area contributed by atoms with E-state index < -0.39 is 36.6 Å². The molecule has 0 aliphatic rings. The Balaban J connectivity index is 0.000000657. The zero-order valence-electron chi connectivity index (χ0n) is 64.8. The largest absolute Gasteiger partial charge is 0.508 e. The van der Waals surface area contributed by atoms with Crippen LogP contribution in [0.2, 0.25) is 0 Å². The number of amidine groups is 8. The number of aliphatic hydroxyl groups excluding tert-OH is 6. The van der Waals surface area contributed by atoms with Gasteiger partial charge in [-0.25, -0.2) is 0 Å². The monoisotopic (exact) mass is 2510 g/mol. The van der Waals surface area contributed by atoms with Gasteiger partial charge in [-0.3, -0.25) is 39.9 Å². The molecular weight excluding hydrogens is 2410 g/mol. The molecule has 0 amide bonds. The van der Waals surface area contributed by atoms with Crippen LogP contribution in [0.4, 0.5) is 0 Å². The van der Waals surface area contributed by atoms with Crippen molar-refractivity contribution in [1.82, 2.24) is 0 Å². The van der Waals surface area contributed by atoms with Crippen LogP contribution in [0, 0.1) is 28.6 Å². The van der Waals surface area contributed by atoms with Gasteiger partial charge in [-0.15, -0.1) is 0 Å². The van der Waals surface area contributed by atoms with Crippen molar-refractivity contribution in [3.63, 3.8) is 0 Å². The summed E-state index contributed by atoms with van der Waals surface area (Å²) in [6.07, 6.45) is -2.37. The number of aromatic hydroxyl groups is 5. The molecule has 0 heterocycles. The maximum Gasteiger partial charge on any atom is 0.160 e. The Hall–Kier alpha value is -5.88. The molecule has 0 radical (unpaired) electrons. The Bertz CT molecular complexity index is 4470. The number of halogens is 8. The Kier molecular flexibility index (Phi) is 55.6. The standard InChI is InChI=1S/4C10H13IN2O2.3C10H13IN2O.C10H13IN2/c1-6(12)13-5-10(15)7-2-8(11)4-9(14)3-7;1-6(12)13-5-10(15)8-4-7(14)2-3-9(8)11;1-6(12)13-3-2-7-4-8(11)5-9(14)10(7)15;1-6(12)13-5-10(15)7-2-3-8(11)9(14)4-7;1-7(12)13-6-10(14)8-2-4-9(11)5-3-8;1-7(12)13-6-10(14)8-3-2-4-9(11)5-8;1-7(12)13-6-10(14)8-4-2-3-5-9(8)11;1-8(12)13-7-6-9-4-2-3-5-10(9)11/h2*2-4,10,14-15H,5H2,1H3,(H2,12,13);4-5,14-15H,2-3H2,1H3,(H2,12,13);2-4,10,14-15H,5H2,1H3,(H2,12,13);3*2-5,10,14H,6H2,1H3,(H2,12,13);2-5H,6-7H2,1H3,(H2,12,13)/t2*10-;;4*10-;/m00.0000./s1/i8*11+4. The van der Waals surface area contributed by atoms with Crippen LogP contribution in [-0.2, 0) is 12.8 Å². The van der Waals surface area contributed by atoms with Crippen molar-refractivity contribution >= 4 is 227 Å². The molecule has 626 valence electrons. The van der Waals surface area contributed by atoms with Gasteiger partial charge in [0.15, 0.2) is 11.5 Å². The molecule has 0 aromatic heterocycles. The number of hydrogen-bond acceptors (Lipinski definition) is 19. The van der Waals surface area contributed by atoms with E-state index >= 15 is 0 Å². The summed E-state index contributed by atoms with van der Waals surface area (Å²) in [5, 5.41) is 105. The van der Waals surface area contributed by atoms with Crippen molar-refractivity contribution in [2.75, 3.05) is 52.4 Å². The molecule has 115 heavy (non-hydrogen) atoms. The lowest BCUT2D eigenvalue weighted by Gasteiger charge is -2.11. The van der Waals surface area contributed by atoms with Crippen molar-refractivity contribution in [3.05, 3.63) is 237 Å². The van der Waals surface area contributed by atoms with Gasteiger partial charge in [0.05, 0.1) is 126 Å². The van der Waals surface area contributed by atoms with Gasteiger partial charge in [-0.2, -0.15) is 0 Å². The van der Waals surface area contributed by atoms with Crippen molar-refractivity contribution in [2.24, 2.45) is 85.8 Å². The van der Waals surface area contributed by atoms with Gasteiger partial charge in [0, 0.05) is 43.6 Å². The van der Waals surface area contributed by atoms with Gasteiger partial charge < -0.3 is 102 Å². The zero-order valence-corrected chi connectivity index (χ0v) is 82.0. The molecule has 0 unspecified atom stereocenters. The summed E-state index contributed by atoms with van der Waals surface area (Å²) in [4.78, 5) is 31.9. The molecule has 6 atom stereocenters. The van der Waals surface area contributed by atoms with E-state index in [1.54, 1.807) is 84.9 Å². The number of nitrogens with two attached hydrogens (primary N) is 8. The highest BCUT2D eigenvalue weighted by atomic mass is 131. The summed E-state index contributed by atoms with van der Waals surface area (Å²) in [5.74, 6) is 4.25. The molecule has 35 heteroatoms. The lowest BCUT2D eigenvalue weighted by atomic mass is 10.1. The van der Waals surface area contributed by atoms with Crippen molar-refractivity contribution in [1.29, 1.82) is 0 Å². The third-order valence-electron chi connectivity index (χ3n) is 14.4.